The predicted molar refractivity (Wildman–Crippen MR) is 160 cm³/mol. The summed E-state index contributed by atoms with van der Waals surface area (Å²) in [7, 11) is 0. The van der Waals surface area contributed by atoms with Gasteiger partial charge in [-0.15, -0.1) is 0 Å². The third-order valence-corrected chi connectivity index (χ3v) is 8.22. The van der Waals surface area contributed by atoms with Crippen molar-refractivity contribution >= 4 is 46.8 Å². The number of imide groups is 1. The Morgan fingerprint density at radius 2 is 1.93 bits per heavy atom. The number of halogens is 1. The molecule has 2 aliphatic rings. The molecule has 0 aliphatic carbocycles. The Bertz CT molecular complexity index is 1360. The maximum absolute atomic E-state index is 13.3. The van der Waals surface area contributed by atoms with Crippen LogP contribution in [-0.2, 0) is 32.1 Å². The van der Waals surface area contributed by atoms with E-state index in [2.05, 4.69) is 16.0 Å². The van der Waals surface area contributed by atoms with Crippen molar-refractivity contribution in [2.75, 3.05) is 11.9 Å². The van der Waals surface area contributed by atoms with Crippen molar-refractivity contribution in [1.29, 1.82) is 0 Å². The fourth-order valence-corrected chi connectivity index (χ4v) is 5.60. The third kappa shape index (κ3) is 7.74. The number of unbranched alkanes of at least 4 members (excludes halogenated alkanes) is 2. The molecule has 5 N–H and O–H groups in total. The first kappa shape index (κ1) is 31.2. The lowest BCUT2D eigenvalue weighted by Gasteiger charge is -2.29. The van der Waals surface area contributed by atoms with Gasteiger partial charge in [0.05, 0.1) is 0 Å². The zero-order chi connectivity index (χ0) is 30.2. The minimum absolute atomic E-state index is 0.194. The van der Waals surface area contributed by atoms with Gasteiger partial charge in [-0.3, -0.25) is 29.3 Å². The van der Waals surface area contributed by atoms with E-state index in [1.165, 1.54) is 4.90 Å². The zero-order valence-electron chi connectivity index (χ0n) is 23.8. The molecule has 11 heteroatoms. The maximum Gasteiger partial charge on any atom is 0.255 e. The topological polar surface area (TPSA) is 151 Å². The van der Waals surface area contributed by atoms with Crippen LogP contribution in [-0.4, -0.2) is 53.1 Å². The monoisotopic (exact) mass is 595 g/mol. The Morgan fingerprint density at radius 1 is 1.12 bits per heavy atom. The summed E-state index contributed by atoms with van der Waals surface area (Å²) < 4.78 is 0. The number of benzene rings is 2. The van der Waals surface area contributed by atoms with Gasteiger partial charge >= 0.3 is 0 Å². The van der Waals surface area contributed by atoms with E-state index in [0.717, 1.165) is 29.5 Å². The van der Waals surface area contributed by atoms with Crippen LogP contribution >= 0.6 is 11.6 Å². The van der Waals surface area contributed by atoms with Gasteiger partial charge in [0.25, 0.3) is 5.91 Å². The molecule has 0 spiro atoms. The minimum Gasteiger partial charge on any atom is -0.344 e. The largest absolute Gasteiger partial charge is 0.344 e. The van der Waals surface area contributed by atoms with Gasteiger partial charge in [-0.1, -0.05) is 36.2 Å². The number of amides is 5. The van der Waals surface area contributed by atoms with E-state index in [1.807, 2.05) is 25.1 Å². The number of anilines is 1. The fraction of sp³-hybridized carbons (Fsp3) is 0.452. The summed E-state index contributed by atoms with van der Waals surface area (Å²) in [4.78, 5) is 64.7. The third-order valence-electron chi connectivity index (χ3n) is 7.82. The number of nitrogens with two attached hydrogens (primary N) is 1. The number of carbonyl (C=O) groups is 5. The predicted octanol–water partition coefficient (Wildman–Crippen LogP) is 3.37. The number of rotatable bonds is 13. The second-order valence-corrected chi connectivity index (χ2v) is 11.3. The standard InChI is InChI=1S/C31H38ClN5O5/c1-19-12-13-21(17-24(19)32)34-29(40)25(35-27(38)11-3-2-4-16-33)10-6-8-20-7-5-9-22-23(20)18-37(31(22)42)26-14-15-28(39)36-30(26)41/h5,7,9,12-13,17,25-26H,2-4,6,8,10-11,14-16,18,33H2,1H3,(H,34,40)(H,35,38)(H,36,39,41)/t25-,26?/m0/s1. The van der Waals surface area contributed by atoms with E-state index in [0.29, 0.717) is 61.3 Å². The first-order valence-electron chi connectivity index (χ1n) is 14.5. The van der Waals surface area contributed by atoms with Gasteiger partial charge in [0.2, 0.25) is 23.6 Å². The van der Waals surface area contributed by atoms with Gasteiger partial charge in [-0.05, 0) is 86.9 Å². The molecule has 224 valence electrons. The highest BCUT2D eigenvalue weighted by molar-refractivity contribution is 6.31. The number of hydrogen-bond donors (Lipinski definition) is 4. The van der Waals surface area contributed by atoms with Crippen LogP contribution in [0.25, 0.3) is 0 Å². The van der Waals surface area contributed by atoms with Crippen molar-refractivity contribution in [3.63, 3.8) is 0 Å². The zero-order valence-corrected chi connectivity index (χ0v) is 24.6. The van der Waals surface area contributed by atoms with E-state index < -0.39 is 18.0 Å². The Hall–Kier alpha value is -3.76. The van der Waals surface area contributed by atoms with E-state index in [1.54, 1.807) is 18.2 Å². The van der Waals surface area contributed by atoms with Crippen LogP contribution in [0, 0.1) is 6.92 Å². The van der Waals surface area contributed by atoms with Crippen LogP contribution in [0.3, 0.4) is 0 Å². The lowest BCUT2D eigenvalue weighted by atomic mass is 9.97. The van der Waals surface area contributed by atoms with Crippen molar-refractivity contribution in [2.24, 2.45) is 5.73 Å². The van der Waals surface area contributed by atoms with Gasteiger partial charge in [-0.2, -0.15) is 0 Å². The number of fused-ring (bicyclic) bond motifs is 1. The molecule has 0 saturated carbocycles. The molecule has 1 unspecified atom stereocenters. The van der Waals surface area contributed by atoms with Crippen LogP contribution in [0.4, 0.5) is 5.69 Å². The normalized spacial score (nSPS) is 17.1. The van der Waals surface area contributed by atoms with E-state index in [4.69, 9.17) is 17.3 Å². The van der Waals surface area contributed by atoms with Crippen LogP contribution < -0.4 is 21.7 Å². The summed E-state index contributed by atoms with van der Waals surface area (Å²) >= 11 is 6.23. The van der Waals surface area contributed by atoms with Crippen LogP contribution in [0.2, 0.25) is 5.02 Å². The highest BCUT2D eigenvalue weighted by atomic mass is 35.5. The molecule has 2 aromatic rings. The van der Waals surface area contributed by atoms with Crippen molar-refractivity contribution in [1.82, 2.24) is 15.5 Å². The second kappa shape index (κ2) is 14.4. The molecule has 4 rings (SSSR count). The summed E-state index contributed by atoms with van der Waals surface area (Å²) in [6, 6.07) is 9.33. The highest BCUT2D eigenvalue weighted by Gasteiger charge is 2.39. The van der Waals surface area contributed by atoms with Gasteiger partial charge in [-0.25, -0.2) is 0 Å². The SMILES string of the molecule is Cc1ccc(NC(=O)[C@H](CCCc2cccc3c2CN(C2CCC(=O)NC2=O)C3=O)NC(=O)CCCCCN)cc1Cl. The van der Waals surface area contributed by atoms with Crippen molar-refractivity contribution < 1.29 is 24.0 Å². The van der Waals surface area contributed by atoms with Crippen LogP contribution in [0.15, 0.2) is 36.4 Å². The number of piperidine rings is 1. The molecule has 10 nitrogen and oxygen atoms in total. The van der Waals surface area contributed by atoms with Crippen LogP contribution in [0.5, 0.6) is 0 Å². The Kier molecular flexibility index (Phi) is 10.7. The molecule has 0 bridgehead atoms. The summed E-state index contributed by atoms with van der Waals surface area (Å²) in [5, 5.41) is 8.62. The molecular weight excluding hydrogens is 558 g/mol. The molecule has 42 heavy (non-hydrogen) atoms. The van der Waals surface area contributed by atoms with Gasteiger partial charge < -0.3 is 21.3 Å². The van der Waals surface area contributed by atoms with E-state index in [9.17, 15) is 24.0 Å². The molecule has 1 fully saturated rings. The average Bonchev–Trinajstić information content (AvgIpc) is 3.29. The number of carbonyl (C=O) groups excluding carboxylic acids is 5. The maximum atomic E-state index is 13.3. The van der Waals surface area contributed by atoms with Crippen molar-refractivity contribution in [3.8, 4) is 0 Å². The van der Waals surface area contributed by atoms with Gasteiger partial charge in [0.1, 0.15) is 12.1 Å². The Morgan fingerprint density at radius 3 is 2.67 bits per heavy atom. The molecule has 2 aromatic carbocycles. The molecular formula is C31H38ClN5O5. The fourth-order valence-electron chi connectivity index (χ4n) is 5.42. The van der Waals surface area contributed by atoms with E-state index in [-0.39, 0.29) is 36.6 Å². The summed E-state index contributed by atoms with van der Waals surface area (Å²) in [6.45, 7) is 2.74. The molecule has 0 radical (unpaired) electrons. The highest BCUT2D eigenvalue weighted by Crippen LogP contribution is 2.30. The molecule has 2 heterocycles. The summed E-state index contributed by atoms with van der Waals surface area (Å²) in [5.74, 6) is -1.52. The van der Waals surface area contributed by atoms with Gasteiger partial charge in [0.15, 0.2) is 0 Å². The van der Waals surface area contributed by atoms with Crippen molar-refractivity contribution in [2.45, 2.75) is 83.3 Å². The second-order valence-electron chi connectivity index (χ2n) is 10.9. The first-order chi connectivity index (χ1) is 20.2. The molecule has 1 saturated heterocycles. The number of nitrogens with one attached hydrogen (secondary N) is 3. The lowest BCUT2D eigenvalue weighted by molar-refractivity contribution is -0.137. The number of hydrogen-bond acceptors (Lipinski definition) is 6. The summed E-state index contributed by atoms with van der Waals surface area (Å²) in [6.07, 6.45) is 4.72. The average molecular weight is 596 g/mol. The number of nitrogens with zero attached hydrogens (tertiary/aromatic N) is 1. The Balaban J connectivity index is 1.41. The summed E-state index contributed by atoms with van der Waals surface area (Å²) in [5.41, 5.74) is 9.34. The first-order valence-corrected chi connectivity index (χ1v) is 14.9. The smallest absolute Gasteiger partial charge is 0.255 e. The van der Waals surface area contributed by atoms with E-state index >= 15 is 0 Å². The van der Waals surface area contributed by atoms with Gasteiger partial charge in [0, 0.05) is 35.7 Å². The van der Waals surface area contributed by atoms with Crippen LogP contribution in [0.1, 0.15) is 78.4 Å². The molecule has 0 aromatic heterocycles. The molecule has 5 amide bonds. The minimum atomic E-state index is -0.759. The Labute approximate surface area is 250 Å². The van der Waals surface area contributed by atoms with Crippen molar-refractivity contribution in [3.05, 3.63) is 63.7 Å². The molecule has 2 aliphatic heterocycles. The quantitative estimate of drug-likeness (QED) is 0.206. The molecule has 2 atom stereocenters. The lowest BCUT2D eigenvalue weighted by Crippen LogP contribution is -2.52. The number of aryl methyl sites for hydroxylation is 2.